The molecule has 0 spiro atoms. The zero-order valence-corrected chi connectivity index (χ0v) is 17.4. The molecule has 4 aromatic rings. The van der Waals surface area contributed by atoms with E-state index >= 15 is 0 Å². The van der Waals surface area contributed by atoms with Crippen molar-refractivity contribution in [3.8, 4) is 0 Å². The lowest BCUT2D eigenvalue weighted by molar-refractivity contribution is 0.0945. The highest BCUT2D eigenvalue weighted by molar-refractivity contribution is 6.04. The van der Waals surface area contributed by atoms with Gasteiger partial charge < -0.3 is 14.9 Å². The number of carbonyl (C=O) groups excluding carboxylic acids is 2. The number of carbonyl (C=O) groups is 2. The monoisotopic (exact) mass is 412 g/mol. The lowest BCUT2D eigenvalue weighted by Crippen LogP contribution is -2.24. The second kappa shape index (κ2) is 7.87. The molecule has 2 aromatic heterocycles. The fraction of sp³-hybridized carbons (Fsp3) is 0.240. The number of fused-ring (bicyclic) bond motifs is 2. The van der Waals surface area contributed by atoms with Gasteiger partial charge in [0.25, 0.3) is 5.91 Å². The number of ketones is 1. The first-order valence-electron chi connectivity index (χ1n) is 10.6. The molecule has 0 aliphatic heterocycles. The second-order valence-electron chi connectivity index (χ2n) is 8.12. The van der Waals surface area contributed by atoms with Gasteiger partial charge in [-0.2, -0.15) is 0 Å². The predicted molar refractivity (Wildman–Crippen MR) is 119 cm³/mol. The van der Waals surface area contributed by atoms with Gasteiger partial charge in [0, 0.05) is 30.8 Å². The average molecular weight is 412 g/mol. The van der Waals surface area contributed by atoms with Crippen LogP contribution in [0.15, 0.2) is 54.9 Å². The van der Waals surface area contributed by atoms with Gasteiger partial charge in [0.2, 0.25) is 0 Å². The molecule has 2 N–H and O–H groups in total. The van der Waals surface area contributed by atoms with E-state index in [2.05, 4.69) is 38.1 Å². The summed E-state index contributed by atoms with van der Waals surface area (Å²) in [6.07, 6.45) is 4.09. The van der Waals surface area contributed by atoms with Gasteiger partial charge in [-0.05, 0) is 48.6 Å². The van der Waals surface area contributed by atoms with Crippen LogP contribution in [-0.2, 0) is 19.5 Å². The van der Waals surface area contributed by atoms with Crippen molar-refractivity contribution in [3.63, 3.8) is 0 Å². The van der Waals surface area contributed by atoms with Crippen molar-refractivity contribution < 1.29 is 9.59 Å². The van der Waals surface area contributed by atoms with E-state index in [4.69, 9.17) is 0 Å². The molecular weight excluding hydrogens is 388 g/mol. The molecular formula is C25H24N4O2. The van der Waals surface area contributed by atoms with Gasteiger partial charge in [-0.15, -0.1) is 0 Å². The van der Waals surface area contributed by atoms with Crippen molar-refractivity contribution in [2.75, 3.05) is 0 Å². The number of Topliss-reactive ketones (excluding diaryl/α,β-unsaturated/α-hetero) is 1. The molecule has 1 aliphatic carbocycles. The van der Waals surface area contributed by atoms with Gasteiger partial charge in [0.15, 0.2) is 5.78 Å². The molecule has 0 unspecified atom stereocenters. The van der Waals surface area contributed by atoms with E-state index in [1.807, 2.05) is 43.6 Å². The molecule has 6 heteroatoms. The van der Waals surface area contributed by atoms with Crippen LogP contribution in [0.25, 0.3) is 11.0 Å². The number of benzene rings is 2. The molecule has 0 fully saturated rings. The Kier molecular flexibility index (Phi) is 4.90. The molecule has 2 heterocycles. The Morgan fingerprint density at radius 3 is 2.68 bits per heavy atom. The van der Waals surface area contributed by atoms with Crippen molar-refractivity contribution in [3.05, 3.63) is 88.5 Å². The highest BCUT2D eigenvalue weighted by Gasteiger charge is 2.26. The zero-order valence-electron chi connectivity index (χ0n) is 17.4. The number of imidazole rings is 1. The van der Waals surface area contributed by atoms with Crippen LogP contribution in [0.4, 0.5) is 0 Å². The molecule has 0 saturated heterocycles. The summed E-state index contributed by atoms with van der Waals surface area (Å²) >= 11 is 0. The topological polar surface area (TPSA) is 79.8 Å². The van der Waals surface area contributed by atoms with Crippen LogP contribution in [-0.4, -0.2) is 26.2 Å². The summed E-state index contributed by atoms with van der Waals surface area (Å²) in [4.78, 5) is 32.5. The molecule has 156 valence electrons. The highest BCUT2D eigenvalue weighted by atomic mass is 16.2. The minimum absolute atomic E-state index is 0.135. The molecule has 0 saturated carbocycles. The molecule has 0 atom stereocenters. The molecule has 6 nitrogen and oxygen atoms in total. The van der Waals surface area contributed by atoms with Crippen LogP contribution in [0, 0.1) is 6.92 Å². The van der Waals surface area contributed by atoms with Gasteiger partial charge >= 0.3 is 0 Å². The van der Waals surface area contributed by atoms with Crippen LogP contribution in [0.5, 0.6) is 0 Å². The number of rotatable bonds is 5. The minimum atomic E-state index is -0.173. The molecule has 5 rings (SSSR count). The van der Waals surface area contributed by atoms with Crippen molar-refractivity contribution in [1.29, 1.82) is 0 Å². The summed E-state index contributed by atoms with van der Waals surface area (Å²) in [6, 6.07) is 16.3. The van der Waals surface area contributed by atoms with E-state index in [9.17, 15) is 9.59 Å². The standard InChI is InChI=1S/C25H24N4O2/c1-16-23-20(6-4-8-22(23)30)28-24(16)25(31)26-13-17-9-11-18(12-10-17)14-29-15-27-19-5-2-3-7-21(19)29/h2-3,5,7,9-12,15,28H,4,6,8,13-14H2,1H3,(H,26,31). The van der Waals surface area contributed by atoms with Crippen LogP contribution < -0.4 is 5.32 Å². The first-order valence-corrected chi connectivity index (χ1v) is 10.6. The van der Waals surface area contributed by atoms with Crippen molar-refractivity contribution in [2.24, 2.45) is 0 Å². The number of para-hydroxylation sites is 2. The van der Waals surface area contributed by atoms with Crippen LogP contribution >= 0.6 is 0 Å². The SMILES string of the molecule is Cc1c(C(=O)NCc2ccc(Cn3cnc4ccccc43)cc2)[nH]c2c1C(=O)CCC2. The molecule has 1 aliphatic rings. The van der Waals surface area contributed by atoms with E-state index < -0.39 is 0 Å². The third-order valence-electron chi connectivity index (χ3n) is 6.02. The fourth-order valence-corrected chi connectivity index (χ4v) is 4.37. The second-order valence-corrected chi connectivity index (χ2v) is 8.12. The largest absolute Gasteiger partial charge is 0.354 e. The molecule has 2 aromatic carbocycles. The number of hydrogen-bond acceptors (Lipinski definition) is 3. The maximum Gasteiger partial charge on any atom is 0.268 e. The number of aryl methyl sites for hydroxylation is 1. The minimum Gasteiger partial charge on any atom is -0.354 e. The number of H-pyrrole nitrogens is 1. The summed E-state index contributed by atoms with van der Waals surface area (Å²) in [7, 11) is 0. The summed E-state index contributed by atoms with van der Waals surface area (Å²) < 4.78 is 2.13. The van der Waals surface area contributed by atoms with Crippen molar-refractivity contribution >= 4 is 22.7 Å². The van der Waals surface area contributed by atoms with Gasteiger partial charge in [0.05, 0.1) is 17.4 Å². The summed E-state index contributed by atoms with van der Waals surface area (Å²) in [5, 5.41) is 2.97. The maximum atomic E-state index is 12.7. The number of amides is 1. The van der Waals surface area contributed by atoms with E-state index in [-0.39, 0.29) is 11.7 Å². The van der Waals surface area contributed by atoms with Crippen molar-refractivity contribution in [1.82, 2.24) is 19.9 Å². The first kappa shape index (κ1) is 19.3. The van der Waals surface area contributed by atoms with Crippen LogP contribution in [0.2, 0.25) is 0 Å². The third-order valence-corrected chi connectivity index (χ3v) is 6.02. The predicted octanol–water partition coefficient (Wildman–Crippen LogP) is 4.17. The van der Waals surface area contributed by atoms with Gasteiger partial charge in [-0.1, -0.05) is 36.4 Å². The van der Waals surface area contributed by atoms with Crippen LogP contribution in [0.1, 0.15) is 56.1 Å². The first-order chi connectivity index (χ1) is 15.1. The Labute approximate surface area is 180 Å². The summed E-state index contributed by atoms with van der Waals surface area (Å²) in [6.45, 7) is 3.03. The number of aromatic amines is 1. The summed E-state index contributed by atoms with van der Waals surface area (Å²) in [5.74, 6) is -0.0380. The smallest absolute Gasteiger partial charge is 0.268 e. The quantitative estimate of drug-likeness (QED) is 0.516. The molecule has 1 amide bonds. The van der Waals surface area contributed by atoms with E-state index in [1.54, 1.807) is 0 Å². The third kappa shape index (κ3) is 3.65. The average Bonchev–Trinajstić information content (AvgIpc) is 3.35. The Hall–Kier alpha value is -3.67. The Morgan fingerprint density at radius 1 is 1.10 bits per heavy atom. The highest BCUT2D eigenvalue weighted by Crippen LogP contribution is 2.26. The van der Waals surface area contributed by atoms with E-state index in [0.29, 0.717) is 24.2 Å². The molecule has 0 radical (unpaired) electrons. The number of nitrogens with one attached hydrogen (secondary N) is 2. The Bertz CT molecular complexity index is 1280. The van der Waals surface area contributed by atoms with E-state index in [1.165, 1.54) is 5.56 Å². The Balaban J connectivity index is 1.24. The van der Waals surface area contributed by atoms with Crippen LogP contribution in [0.3, 0.4) is 0 Å². The lowest BCUT2D eigenvalue weighted by atomic mass is 9.94. The van der Waals surface area contributed by atoms with Crippen molar-refractivity contribution in [2.45, 2.75) is 39.3 Å². The normalized spacial score (nSPS) is 13.4. The fourth-order valence-electron chi connectivity index (χ4n) is 4.37. The van der Waals surface area contributed by atoms with Gasteiger partial charge in [0.1, 0.15) is 5.69 Å². The number of aromatic nitrogens is 3. The van der Waals surface area contributed by atoms with E-state index in [0.717, 1.165) is 47.2 Å². The molecule has 0 bridgehead atoms. The maximum absolute atomic E-state index is 12.7. The Morgan fingerprint density at radius 2 is 1.87 bits per heavy atom. The molecule has 31 heavy (non-hydrogen) atoms. The zero-order chi connectivity index (χ0) is 21.4. The number of hydrogen-bond donors (Lipinski definition) is 2. The van der Waals surface area contributed by atoms with Gasteiger partial charge in [-0.3, -0.25) is 9.59 Å². The lowest BCUT2D eigenvalue weighted by Gasteiger charge is -2.09. The summed E-state index contributed by atoms with van der Waals surface area (Å²) in [5.41, 5.74) is 7.18. The van der Waals surface area contributed by atoms with Gasteiger partial charge in [-0.25, -0.2) is 4.98 Å². The number of nitrogens with zero attached hydrogens (tertiary/aromatic N) is 2.